The normalized spacial score (nSPS) is 11.3. The predicted molar refractivity (Wildman–Crippen MR) is 160 cm³/mol. The van der Waals surface area contributed by atoms with Crippen LogP contribution in [-0.2, 0) is 0 Å². The minimum absolute atomic E-state index is 0.0970. The van der Waals surface area contributed by atoms with Crippen molar-refractivity contribution >= 4 is 38.7 Å². The number of para-hydroxylation sites is 1. The van der Waals surface area contributed by atoms with Crippen molar-refractivity contribution in [2.75, 3.05) is 0 Å². The first-order valence-corrected chi connectivity index (χ1v) is 13.2. The number of fused-ring (bicyclic) bond motifs is 1. The van der Waals surface area contributed by atoms with E-state index in [1.807, 2.05) is 115 Å². The standard InChI is InChI=1S/C33H22BrN3O2/c34-25-17-18-28-27(20-25)30(22-10-4-1-5-11-22)31(33(39)35-28)29(38)19-16-24-21-37(26-14-8-3-9-15-26)36-32(24)23-12-6-2-7-13-23/h1-21H,(H,35,39)/b19-16+. The van der Waals surface area contributed by atoms with E-state index >= 15 is 0 Å². The number of ketones is 1. The summed E-state index contributed by atoms with van der Waals surface area (Å²) in [5, 5.41) is 5.60. The zero-order valence-electron chi connectivity index (χ0n) is 20.7. The van der Waals surface area contributed by atoms with Crippen molar-refractivity contribution in [2.24, 2.45) is 0 Å². The van der Waals surface area contributed by atoms with Gasteiger partial charge in [-0.3, -0.25) is 9.59 Å². The molecule has 0 unspecified atom stereocenters. The van der Waals surface area contributed by atoms with E-state index in [9.17, 15) is 9.59 Å². The molecule has 1 N–H and O–H groups in total. The molecule has 2 heterocycles. The van der Waals surface area contributed by atoms with Crippen LogP contribution in [0.4, 0.5) is 0 Å². The lowest BCUT2D eigenvalue weighted by Gasteiger charge is -2.11. The van der Waals surface area contributed by atoms with Gasteiger partial charge in [0, 0.05) is 38.3 Å². The summed E-state index contributed by atoms with van der Waals surface area (Å²) in [5.74, 6) is -0.386. The number of rotatable bonds is 6. The predicted octanol–water partition coefficient (Wildman–Crippen LogP) is 7.71. The molecule has 188 valence electrons. The Morgan fingerprint density at radius 3 is 2.15 bits per heavy atom. The molecule has 5 nitrogen and oxygen atoms in total. The fourth-order valence-corrected chi connectivity index (χ4v) is 5.06. The topological polar surface area (TPSA) is 67.8 Å². The number of nitrogens with one attached hydrogen (secondary N) is 1. The lowest BCUT2D eigenvalue weighted by molar-refractivity contribution is 0.104. The molecule has 2 aromatic heterocycles. The Balaban J connectivity index is 1.49. The van der Waals surface area contributed by atoms with Crippen molar-refractivity contribution in [2.45, 2.75) is 0 Å². The maximum absolute atomic E-state index is 13.7. The van der Waals surface area contributed by atoms with Crippen molar-refractivity contribution in [1.29, 1.82) is 0 Å². The van der Waals surface area contributed by atoms with Crippen LogP contribution in [0.3, 0.4) is 0 Å². The van der Waals surface area contributed by atoms with Crippen LogP contribution in [-0.4, -0.2) is 20.5 Å². The third-order valence-electron chi connectivity index (χ3n) is 6.51. The second-order valence-electron chi connectivity index (χ2n) is 9.04. The number of carbonyl (C=O) groups is 1. The van der Waals surface area contributed by atoms with Crippen molar-refractivity contribution in [3.8, 4) is 28.1 Å². The second-order valence-corrected chi connectivity index (χ2v) is 9.95. The molecular formula is C33H22BrN3O2. The monoisotopic (exact) mass is 571 g/mol. The van der Waals surface area contributed by atoms with Gasteiger partial charge in [-0.25, -0.2) is 4.68 Å². The molecule has 6 heteroatoms. The van der Waals surface area contributed by atoms with Crippen LogP contribution < -0.4 is 5.56 Å². The molecule has 0 atom stereocenters. The minimum Gasteiger partial charge on any atom is -0.321 e. The largest absolute Gasteiger partial charge is 0.321 e. The number of nitrogens with zero attached hydrogens (tertiary/aromatic N) is 2. The molecule has 6 aromatic rings. The highest BCUT2D eigenvalue weighted by Gasteiger charge is 2.20. The van der Waals surface area contributed by atoms with Crippen LogP contribution >= 0.6 is 15.9 Å². The van der Waals surface area contributed by atoms with Crippen LogP contribution in [0, 0.1) is 0 Å². The third kappa shape index (κ3) is 4.90. The molecule has 4 aromatic carbocycles. The molecule has 0 saturated carbocycles. The van der Waals surface area contributed by atoms with Crippen LogP contribution in [0.25, 0.3) is 45.1 Å². The number of benzene rings is 4. The van der Waals surface area contributed by atoms with E-state index in [2.05, 4.69) is 20.9 Å². The highest BCUT2D eigenvalue weighted by Crippen LogP contribution is 2.32. The molecule has 6 rings (SSSR count). The van der Waals surface area contributed by atoms with Crippen molar-refractivity contribution in [1.82, 2.24) is 14.8 Å². The number of pyridine rings is 1. The van der Waals surface area contributed by atoms with E-state index in [4.69, 9.17) is 5.10 Å². The molecule has 0 saturated heterocycles. The number of halogens is 1. The van der Waals surface area contributed by atoms with Gasteiger partial charge in [0.25, 0.3) is 5.56 Å². The van der Waals surface area contributed by atoms with Crippen LogP contribution in [0.2, 0.25) is 0 Å². The van der Waals surface area contributed by atoms with Crippen LogP contribution in [0.1, 0.15) is 15.9 Å². The van der Waals surface area contributed by atoms with Gasteiger partial charge in [-0.1, -0.05) is 94.8 Å². The van der Waals surface area contributed by atoms with Gasteiger partial charge in [-0.05, 0) is 48.0 Å². The van der Waals surface area contributed by atoms with Gasteiger partial charge in [-0.2, -0.15) is 5.10 Å². The fraction of sp³-hybridized carbons (Fsp3) is 0. The van der Waals surface area contributed by atoms with E-state index in [0.717, 1.165) is 37.9 Å². The zero-order valence-corrected chi connectivity index (χ0v) is 22.3. The third-order valence-corrected chi connectivity index (χ3v) is 7.00. The highest BCUT2D eigenvalue weighted by atomic mass is 79.9. The molecule has 39 heavy (non-hydrogen) atoms. The smallest absolute Gasteiger partial charge is 0.260 e. The summed E-state index contributed by atoms with van der Waals surface area (Å²) < 4.78 is 2.65. The Bertz CT molecular complexity index is 1890. The zero-order chi connectivity index (χ0) is 26.8. The Labute approximate surface area is 233 Å². The maximum atomic E-state index is 13.7. The second kappa shape index (κ2) is 10.5. The Hall–Kier alpha value is -4.81. The first-order valence-electron chi connectivity index (χ1n) is 12.4. The number of aromatic amines is 1. The first-order chi connectivity index (χ1) is 19.1. The fourth-order valence-electron chi connectivity index (χ4n) is 4.70. The lowest BCUT2D eigenvalue weighted by Crippen LogP contribution is -2.18. The molecule has 0 aliphatic carbocycles. The van der Waals surface area contributed by atoms with Crippen molar-refractivity contribution < 1.29 is 4.79 Å². The molecular weight excluding hydrogens is 550 g/mol. The molecule has 0 radical (unpaired) electrons. The Morgan fingerprint density at radius 2 is 1.46 bits per heavy atom. The highest BCUT2D eigenvalue weighted by molar-refractivity contribution is 9.10. The molecule has 0 aliphatic rings. The summed E-state index contributed by atoms with van der Waals surface area (Å²) in [4.78, 5) is 29.9. The summed E-state index contributed by atoms with van der Waals surface area (Å²) in [6.07, 6.45) is 5.08. The van der Waals surface area contributed by atoms with E-state index in [-0.39, 0.29) is 11.3 Å². The van der Waals surface area contributed by atoms with Gasteiger partial charge in [0.2, 0.25) is 0 Å². The van der Waals surface area contributed by atoms with Crippen molar-refractivity contribution in [3.05, 3.63) is 147 Å². The Kier molecular flexibility index (Phi) is 6.61. The SMILES string of the molecule is O=C(/C=C/c1cn(-c2ccccc2)nc1-c1ccccc1)c1c(-c2ccccc2)c2cc(Br)ccc2[nH]c1=O. The lowest BCUT2D eigenvalue weighted by atomic mass is 9.94. The van der Waals surface area contributed by atoms with Gasteiger partial charge in [0.15, 0.2) is 5.78 Å². The summed E-state index contributed by atoms with van der Waals surface area (Å²) in [6, 6.07) is 34.8. The number of H-pyrrole nitrogens is 1. The number of aromatic nitrogens is 3. The minimum atomic E-state index is -0.429. The summed E-state index contributed by atoms with van der Waals surface area (Å²) in [7, 11) is 0. The van der Waals surface area contributed by atoms with Gasteiger partial charge in [-0.15, -0.1) is 0 Å². The van der Waals surface area contributed by atoms with Gasteiger partial charge in [0.05, 0.1) is 16.9 Å². The molecule has 0 aliphatic heterocycles. The first kappa shape index (κ1) is 24.5. The van der Waals surface area contributed by atoms with Crippen LogP contribution in [0.15, 0.2) is 131 Å². The quantitative estimate of drug-likeness (QED) is 0.164. The number of hydrogen-bond acceptors (Lipinski definition) is 3. The average molecular weight is 572 g/mol. The van der Waals surface area contributed by atoms with Gasteiger partial charge in [0.1, 0.15) is 0 Å². The van der Waals surface area contributed by atoms with Crippen LogP contribution in [0.5, 0.6) is 0 Å². The van der Waals surface area contributed by atoms with Gasteiger partial charge >= 0.3 is 0 Å². The van der Waals surface area contributed by atoms with Crippen molar-refractivity contribution in [3.63, 3.8) is 0 Å². The average Bonchev–Trinajstić information content (AvgIpc) is 3.41. The molecule has 0 fully saturated rings. The van der Waals surface area contributed by atoms with E-state index < -0.39 is 5.56 Å². The maximum Gasteiger partial charge on any atom is 0.260 e. The number of hydrogen-bond donors (Lipinski definition) is 1. The van der Waals surface area contributed by atoms with Gasteiger partial charge < -0.3 is 4.98 Å². The number of carbonyl (C=O) groups excluding carboxylic acids is 1. The van der Waals surface area contributed by atoms with E-state index in [1.165, 1.54) is 6.08 Å². The molecule has 0 amide bonds. The number of allylic oxidation sites excluding steroid dienone is 1. The molecule has 0 spiro atoms. The Morgan fingerprint density at radius 1 is 0.821 bits per heavy atom. The van der Waals surface area contributed by atoms with E-state index in [1.54, 1.807) is 10.8 Å². The van der Waals surface area contributed by atoms with E-state index in [0.29, 0.717) is 11.1 Å². The summed E-state index contributed by atoms with van der Waals surface area (Å²) >= 11 is 3.53. The summed E-state index contributed by atoms with van der Waals surface area (Å²) in [6.45, 7) is 0. The molecule has 0 bridgehead atoms. The summed E-state index contributed by atoms with van der Waals surface area (Å²) in [5.41, 5.74) is 5.07.